The highest BCUT2D eigenvalue weighted by Gasteiger charge is 1.92. The summed E-state index contributed by atoms with van der Waals surface area (Å²) in [5.41, 5.74) is 0. The summed E-state index contributed by atoms with van der Waals surface area (Å²) in [5.74, 6) is -0.702. The Morgan fingerprint density at radius 1 is 1.36 bits per heavy atom. The zero-order valence-corrected chi connectivity index (χ0v) is 8.58. The number of carbonyl (C=O) groups is 1. The van der Waals surface area contributed by atoms with Gasteiger partial charge in [-0.2, -0.15) is 0 Å². The highest BCUT2D eigenvalue weighted by molar-refractivity contribution is 14.1. The summed E-state index contributed by atoms with van der Waals surface area (Å²) in [6, 6.07) is 0. The molecule has 0 spiro atoms. The first-order chi connectivity index (χ1) is 5.27. The van der Waals surface area contributed by atoms with Crippen molar-refractivity contribution in [2.24, 2.45) is 0 Å². The van der Waals surface area contributed by atoms with E-state index in [2.05, 4.69) is 34.7 Å². The summed E-state index contributed by atoms with van der Waals surface area (Å²) in [7, 11) is 0. The van der Waals surface area contributed by atoms with Crippen LogP contribution in [-0.4, -0.2) is 15.5 Å². The molecule has 0 aliphatic carbocycles. The van der Waals surface area contributed by atoms with Gasteiger partial charge in [0.2, 0.25) is 0 Å². The Hall–Kier alpha value is -0.0600. The molecule has 2 nitrogen and oxygen atoms in total. The van der Waals surface area contributed by atoms with Gasteiger partial charge in [0.05, 0.1) is 0 Å². The van der Waals surface area contributed by atoms with Gasteiger partial charge in [-0.25, -0.2) is 0 Å². The standard InChI is InChI=1S/C8H13IO2/c9-7-5-3-1-2-4-6-8(10)11/h1,3H,2,4-7H2,(H,10,11)/b3-1-. The number of carboxylic acid groups (broad SMARTS) is 1. The predicted octanol–water partition coefficient (Wildman–Crippen LogP) is 2.62. The van der Waals surface area contributed by atoms with E-state index in [0.717, 1.165) is 23.7 Å². The molecule has 0 aliphatic rings. The molecule has 0 rings (SSSR count). The van der Waals surface area contributed by atoms with Gasteiger partial charge in [0.25, 0.3) is 0 Å². The van der Waals surface area contributed by atoms with Gasteiger partial charge in [-0.15, -0.1) is 0 Å². The average Bonchev–Trinajstić information content (AvgIpc) is 1.96. The summed E-state index contributed by atoms with van der Waals surface area (Å²) in [6.07, 6.45) is 7.19. The number of hydrogen-bond acceptors (Lipinski definition) is 1. The minimum absolute atomic E-state index is 0.286. The van der Waals surface area contributed by atoms with E-state index in [9.17, 15) is 4.79 Å². The molecule has 0 amide bonds. The SMILES string of the molecule is O=C(O)CCC/C=C\CCI. The third-order valence-corrected chi connectivity index (χ3v) is 1.83. The van der Waals surface area contributed by atoms with Crippen molar-refractivity contribution in [2.45, 2.75) is 25.7 Å². The monoisotopic (exact) mass is 268 g/mol. The molecule has 0 saturated carbocycles. The molecule has 0 unspecified atom stereocenters. The molecule has 0 fully saturated rings. The number of hydrogen-bond donors (Lipinski definition) is 1. The summed E-state index contributed by atoms with van der Waals surface area (Å²) < 4.78 is 1.13. The van der Waals surface area contributed by atoms with Crippen LogP contribution in [0.3, 0.4) is 0 Å². The maximum absolute atomic E-state index is 10.1. The number of carboxylic acids is 1. The van der Waals surface area contributed by atoms with Crippen molar-refractivity contribution in [3.63, 3.8) is 0 Å². The van der Waals surface area contributed by atoms with Crippen LogP contribution in [0.25, 0.3) is 0 Å². The molecule has 0 bridgehead atoms. The van der Waals surface area contributed by atoms with Crippen LogP contribution >= 0.6 is 22.6 Å². The maximum Gasteiger partial charge on any atom is 0.303 e. The van der Waals surface area contributed by atoms with Crippen molar-refractivity contribution < 1.29 is 9.90 Å². The van der Waals surface area contributed by atoms with Gasteiger partial charge in [0.1, 0.15) is 0 Å². The smallest absolute Gasteiger partial charge is 0.303 e. The fourth-order valence-electron chi connectivity index (χ4n) is 0.670. The Morgan fingerprint density at radius 2 is 2.00 bits per heavy atom. The number of allylic oxidation sites excluding steroid dienone is 2. The summed E-state index contributed by atoms with van der Waals surface area (Å²) in [4.78, 5) is 10.1. The van der Waals surface area contributed by atoms with Crippen molar-refractivity contribution in [3.8, 4) is 0 Å². The Labute approximate surface area is 80.8 Å². The van der Waals surface area contributed by atoms with E-state index in [1.54, 1.807) is 0 Å². The van der Waals surface area contributed by atoms with Gasteiger partial charge in [0, 0.05) is 10.8 Å². The van der Waals surface area contributed by atoms with Crippen molar-refractivity contribution >= 4 is 28.6 Å². The predicted molar refractivity (Wildman–Crippen MR) is 54.1 cm³/mol. The third-order valence-electron chi connectivity index (χ3n) is 1.20. The Bertz CT molecular complexity index is 132. The van der Waals surface area contributed by atoms with Gasteiger partial charge in [0.15, 0.2) is 0 Å². The first-order valence-electron chi connectivity index (χ1n) is 3.70. The van der Waals surface area contributed by atoms with Gasteiger partial charge in [-0.3, -0.25) is 4.79 Å². The van der Waals surface area contributed by atoms with E-state index in [-0.39, 0.29) is 6.42 Å². The fourth-order valence-corrected chi connectivity index (χ4v) is 1.03. The first kappa shape index (κ1) is 10.9. The highest BCUT2D eigenvalue weighted by atomic mass is 127. The lowest BCUT2D eigenvalue weighted by molar-refractivity contribution is -0.137. The topological polar surface area (TPSA) is 37.3 Å². The van der Waals surface area contributed by atoms with E-state index < -0.39 is 5.97 Å². The second-order valence-corrected chi connectivity index (χ2v) is 3.31. The minimum atomic E-state index is -0.702. The Morgan fingerprint density at radius 3 is 2.55 bits per heavy atom. The van der Waals surface area contributed by atoms with Crippen LogP contribution in [-0.2, 0) is 4.79 Å². The molecule has 0 aromatic heterocycles. The van der Waals surface area contributed by atoms with Crippen molar-refractivity contribution in [3.05, 3.63) is 12.2 Å². The van der Waals surface area contributed by atoms with E-state index in [1.807, 2.05) is 0 Å². The van der Waals surface area contributed by atoms with Crippen LogP contribution in [0.15, 0.2) is 12.2 Å². The molecule has 0 atom stereocenters. The molecule has 64 valence electrons. The Kier molecular flexibility index (Phi) is 8.00. The molecule has 0 aliphatic heterocycles. The zero-order valence-electron chi connectivity index (χ0n) is 6.42. The molecular weight excluding hydrogens is 255 g/mol. The minimum Gasteiger partial charge on any atom is -0.481 e. The zero-order chi connectivity index (χ0) is 8.53. The molecule has 3 heteroatoms. The van der Waals surface area contributed by atoms with Crippen molar-refractivity contribution in [2.75, 3.05) is 4.43 Å². The largest absolute Gasteiger partial charge is 0.481 e. The van der Waals surface area contributed by atoms with Crippen LogP contribution in [0, 0.1) is 0 Å². The van der Waals surface area contributed by atoms with E-state index in [1.165, 1.54) is 0 Å². The van der Waals surface area contributed by atoms with Gasteiger partial charge in [-0.1, -0.05) is 34.7 Å². The highest BCUT2D eigenvalue weighted by Crippen LogP contribution is 1.98. The third kappa shape index (κ3) is 9.94. The van der Waals surface area contributed by atoms with E-state index in [0.29, 0.717) is 0 Å². The fraction of sp³-hybridized carbons (Fsp3) is 0.625. The van der Waals surface area contributed by atoms with Gasteiger partial charge >= 0.3 is 5.97 Å². The number of unbranched alkanes of at least 4 members (excludes halogenated alkanes) is 1. The summed E-state index contributed by atoms with van der Waals surface area (Å²) in [6.45, 7) is 0. The van der Waals surface area contributed by atoms with Crippen LogP contribution in [0.1, 0.15) is 25.7 Å². The van der Waals surface area contributed by atoms with Crippen LogP contribution in [0.4, 0.5) is 0 Å². The molecule has 0 aromatic rings. The average molecular weight is 268 g/mol. The summed E-state index contributed by atoms with van der Waals surface area (Å²) >= 11 is 2.31. The lowest BCUT2D eigenvalue weighted by Crippen LogP contribution is -1.92. The van der Waals surface area contributed by atoms with E-state index >= 15 is 0 Å². The first-order valence-corrected chi connectivity index (χ1v) is 5.22. The van der Waals surface area contributed by atoms with Crippen LogP contribution in [0.5, 0.6) is 0 Å². The van der Waals surface area contributed by atoms with Crippen molar-refractivity contribution in [1.82, 2.24) is 0 Å². The molecule has 0 saturated heterocycles. The number of halogens is 1. The van der Waals surface area contributed by atoms with Gasteiger partial charge < -0.3 is 5.11 Å². The van der Waals surface area contributed by atoms with Crippen LogP contribution < -0.4 is 0 Å². The van der Waals surface area contributed by atoms with Gasteiger partial charge in [-0.05, 0) is 19.3 Å². The quantitative estimate of drug-likeness (QED) is 0.348. The van der Waals surface area contributed by atoms with Crippen molar-refractivity contribution in [1.29, 1.82) is 0 Å². The molecule has 0 aromatic carbocycles. The second kappa shape index (κ2) is 8.04. The Balaban J connectivity index is 3.07. The lowest BCUT2D eigenvalue weighted by atomic mass is 10.2. The molecular formula is C8H13IO2. The normalized spacial score (nSPS) is 10.6. The maximum atomic E-state index is 10.1. The van der Waals surface area contributed by atoms with Crippen LogP contribution in [0.2, 0.25) is 0 Å². The van der Waals surface area contributed by atoms with E-state index in [4.69, 9.17) is 5.11 Å². The summed E-state index contributed by atoms with van der Waals surface area (Å²) in [5, 5.41) is 8.29. The lowest BCUT2D eigenvalue weighted by Gasteiger charge is -1.89. The molecule has 1 N–H and O–H groups in total. The number of rotatable bonds is 6. The number of aliphatic carboxylic acids is 1. The molecule has 11 heavy (non-hydrogen) atoms. The second-order valence-electron chi connectivity index (χ2n) is 2.24. The molecule has 0 radical (unpaired) electrons. The molecule has 0 heterocycles. The number of alkyl halides is 1.